The molecule has 7 heteroatoms. The molecule has 0 fully saturated rings. The van der Waals surface area contributed by atoms with Crippen molar-refractivity contribution in [1.29, 1.82) is 0 Å². The Morgan fingerprint density at radius 3 is 2.70 bits per heavy atom. The zero-order valence-electron chi connectivity index (χ0n) is 16.1. The van der Waals surface area contributed by atoms with Crippen LogP contribution in [0.1, 0.15) is 47.7 Å². The van der Waals surface area contributed by atoms with E-state index >= 15 is 0 Å². The van der Waals surface area contributed by atoms with E-state index in [1.54, 1.807) is 18.4 Å². The number of guanidine groups is 1. The Bertz CT molecular complexity index is 719. The first-order chi connectivity index (χ1) is 12.6. The summed E-state index contributed by atoms with van der Waals surface area (Å²) in [7, 11) is 1.76. The fourth-order valence-electron chi connectivity index (χ4n) is 2.49. The van der Waals surface area contributed by atoms with Crippen LogP contribution in [0.2, 0.25) is 0 Å². The summed E-state index contributed by atoms with van der Waals surface area (Å²) in [5.41, 5.74) is 3.07. The van der Waals surface area contributed by atoms with E-state index in [4.69, 9.17) is 0 Å². The van der Waals surface area contributed by atoms with Crippen molar-refractivity contribution in [3.63, 3.8) is 0 Å². The SMILES string of the molecule is CCCNC(=O)c1cccc(CNC(=NC)NCC(C)c2ccsc2)c1.I. The Hall–Kier alpha value is -1.61. The fourth-order valence-corrected chi connectivity index (χ4v) is 3.27. The summed E-state index contributed by atoms with van der Waals surface area (Å²) >= 11 is 1.72. The number of nitrogens with one attached hydrogen (secondary N) is 3. The van der Waals surface area contributed by atoms with Gasteiger partial charge in [0.1, 0.15) is 0 Å². The van der Waals surface area contributed by atoms with Crippen molar-refractivity contribution in [3.8, 4) is 0 Å². The van der Waals surface area contributed by atoms with E-state index in [2.05, 4.69) is 44.7 Å². The molecule has 1 aromatic heterocycles. The second-order valence-corrected chi connectivity index (χ2v) is 7.00. The first-order valence-corrected chi connectivity index (χ1v) is 9.92. The standard InChI is InChI=1S/C20H28N4OS.HI/c1-4-9-22-19(25)17-7-5-6-16(11-17)13-24-20(21-3)23-12-15(2)18-8-10-26-14-18;/h5-8,10-11,14-15H,4,9,12-13H2,1-3H3,(H,22,25)(H2,21,23,24);1H. The minimum Gasteiger partial charge on any atom is -0.356 e. The van der Waals surface area contributed by atoms with Gasteiger partial charge in [0.15, 0.2) is 5.96 Å². The maximum absolute atomic E-state index is 12.1. The van der Waals surface area contributed by atoms with Gasteiger partial charge in [-0.1, -0.05) is 26.0 Å². The third-order valence-electron chi connectivity index (χ3n) is 4.10. The van der Waals surface area contributed by atoms with Gasteiger partial charge in [-0.05, 0) is 52.4 Å². The topological polar surface area (TPSA) is 65.5 Å². The van der Waals surface area contributed by atoms with E-state index in [1.807, 2.05) is 31.2 Å². The Morgan fingerprint density at radius 2 is 2.04 bits per heavy atom. The molecule has 0 radical (unpaired) electrons. The van der Waals surface area contributed by atoms with Crippen molar-refractivity contribution in [2.75, 3.05) is 20.1 Å². The molecule has 1 aromatic carbocycles. The Kier molecular flexibility index (Phi) is 11.0. The van der Waals surface area contributed by atoms with Crippen LogP contribution in [-0.2, 0) is 6.54 Å². The molecule has 1 heterocycles. The molecule has 0 aliphatic heterocycles. The van der Waals surface area contributed by atoms with E-state index in [9.17, 15) is 4.79 Å². The van der Waals surface area contributed by atoms with E-state index < -0.39 is 0 Å². The molecule has 0 aliphatic carbocycles. The van der Waals surface area contributed by atoms with Gasteiger partial charge in [-0.3, -0.25) is 9.79 Å². The molecular weight excluding hydrogens is 471 g/mol. The number of carbonyl (C=O) groups is 1. The van der Waals surface area contributed by atoms with Gasteiger partial charge in [-0.25, -0.2) is 0 Å². The first-order valence-electron chi connectivity index (χ1n) is 8.97. The van der Waals surface area contributed by atoms with Crippen LogP contribution < -0.4 is 16.0 Å². The molecular formula is C20H29IN4OS. The van der Waals surface area contributed by atoms with E-state index in [0.29, 0.717) is 24.6 Å². The molecule has 1 amide bonds. The average molecular weight is 500 g/mol. The summed E-state index contributed by atoms with van der Waals surface area (Å²) in [6.07, 6.45) is 0.929. The highest BCUT2D eigenvalue weighted by atomic mass is 127. The molecule has 3 N–H and O–H groups in total. The first kappa shape index (κ1) is 23.4. The van der Waals surface area contributed by atoms with Gasteiger partial charge in [-0.2, -0.15) is 11.3 Å². The summed E-state index contributed by atoms with van der Waals surface area (Å²) in [5, 5.41) is 13.8. The van der Waals surface area contributed by atoms with Gasteiger partial charge in [-0.15, -0.1) is 24.0 Å². The minimum absolute atomic E-state index is 0. The van der Waals surface area contributed by atoms with Crippen molar-refractivity contribution < 1.29 is 4.79 Å². The predicted molar refractivity (Wildman–Crippen MR) is 125 cm³/mol. The summed E-state index contributed by atoms with van der Waals surface area (Å²) in [6, 6.07) is 9.82. The monoisotopic (exact) mass is 500 g/mol. The number of nitrogens with zero attached hydrogens (tertiary/aromatic N) is 1. The highest BCUT2D eigenvalue weighted by molar-refractivity contribution is 14.0. The molecule has 1 atom stereocenters. The lowest BCUT2D eigenvalue weighted by Gasteiger charge is -2.15. The third-order valence-corrected chi connectivity index (χ3v) is 4.80. The number of amides is 1. The zero-order chi connectivity index (χ0) is 18.8. The van der Waals surface area contributed by atoms with Crippen molar-refractivity contribution in [3.05, 3.63) is 57.8 Å². The smallest absolute Gasteiger partial charge is 0.251 e. The van der Waals surface area contributed by atoms with Gasteiger partial charge in [0, 0.05) is 32.2 Å². The number of carbonyl (C=O) groups excluding carboxylic acids is 1. The van der Waals surface area contributed by atoms with Crippen molar-refractivity contribution in [1.82, 2.24) is 16.0 Å². The summed E-state index contributed by atoms with van der Waals surface area (Å²) in [4.78, 5) is 16.3. The Labute approximate surface area is 183 Å². The van der Waals surface area contributed by atoms with Crippen LogP contribution in [-0.4, -0.2) is 32.0 Å². The highest BCUT2D eigenvalue weighted by Gasteiger charge is 2.08. The molecule has 0 spiro atoms. The summed E-state index contributed by atoms with van der Waals surface area (Å²) < 4.78 is 0. The second kappa shape index (κ2) is 12.7. The fraction of sp³-hybridized carbons (Fsp3) is 0.400. The molecule has 0 saturated carbocycles. The van der Waals surface area contributed by atoms with Crippen molar-refractivity contribution in [2.24, 2.45) is 4.99 Å². The van der Waals surface area contributed by atoms with Crippen LogP contribution in [0.3, 0.4) is 0 Å². The van der Waals surface area contributed by atoms with Crippen LogP contribution in [0.4, 0.5) is 0 Å². The van der Waals surface area contributed by atoms with Crippen LogP contribution in [0.25, 0.3) is 0 Å². The number of rotatable bonds is 8. The normalized spacial score (nSPS) is 12.0. The number of benzene rings is 1. The van der Waals surface area contributed by atoms with Crippen LogP contribution in [0.15, 0.2) is 46.1 Å². The molecule has 0 saturated heterocycles. The largest absolute Gasteiger partial charge is 0.356 e. The average Bonchev–Trinajstić information content (AvgIpc) is 3.21. The van der Waals surface area contributed by atoms with Gasteiger partial charge in [0.05, 0.1) is 0 Å². The van der Waals surface area contributed by atoms with E-state index in [1.165, 1.54) is 5.56 Å². The molecule has 27 heavy (non-hydrogen) atoms. The van der Waals surface area contributed by atoms with E-state index in [-0.39, 0.29) is 29.9 Å². The summed E-state index contributed by atoms with van der Waals surface area (Å²) in [6.45, 7) is 6.36. The van der Waals surface area contributed by atoms with Gasteiger partial charge < -0.3 is 16.0 Å². The van der Waals surface area contributed by atoms with Crippen molar-refractivity contribution in [2.45, 2.75) is 32.7 Å². The molecule has 2 aromatic rings. The molecule has 2 rings (SSSR count). The Balaban J connectivity index is 0.00000364. The van der Waals surface area contributed by atoms with Gasteiger partial charge in [0.2, 0.25) is 0 Å². The van der Waals surface area contributed by atoms with E-state index in [0.717, 1.165) is 24.5 Å². The number of aliphatic imine (C=N–C) groups is 1. The maximum atomic E-state index is 12.1. The quantitative estimate of drug-likeness (QED) is 0.292. The lowest BCUT2D eigenvalue weighted by Crippen LogP contribution is -2.38. The molecule has 1 unspecified atom stereocenters. The lowest BCUT2D eigenvalue weighted by molar-refractivity contribution is 0.0953. The van der Waals surface area contributed by atoms with Gasteiger partial charge in [0.25, 0.3) is 5.91 Å². The van der Waals surface area contributed by atoms with Crippen LogP contribution >= 0.6 is 35.3 Å². The van der Waals surface area contributed by atoms with Crippen LogP contribution in [0.5, 0.6) is 0 Å². The predicted octanol–water partition coefficient (Wildman–Crippen LogP) is 3.97. The third kappa shape index (κ3) is 7.88. The highest BCUT2D eigenvalue weighted by Crippen LogP contribution is 2.17. The molecule has 5 nitrogen and oxygen atoms in total. The lowest BCUT2D eigenvalue weighted by atomic mass is 10.1. The van der Waals surface area contributed by atoms with Crippen LogP contribution in [0, 0.1) is 0 Å². The number of hydrogen-bond acceptors (Lipinski definition) is 3. The second-order valence-electron chi connectivity index (χ2n) is 6.22. The number of thiophene rings is 1. The zero-order valence-corrected chi connectivity index (χ0v) is 19.3. The minimum atomic E-state index is -0.0270. The molecule has 0 bridgehead atoms. The number of hydrogen-bond donors (Lipinski definition) is 3. The molecule has 0 aliphatic rings. The Morgan fingerprint density at radius 1 is 1.22 bits per heavy atom. The van der Waals surface area contributed by atoms with Gasteiger partial charge >= 0.3 is 0 Å². The maximum Gasteiger partial charge on any atom is 0.251 e. The summed E-state index contributed by atoms with van der Waals surface area (Å²) in [5.74, 6) is 1.15. The molecule has 148 valence electrons. The van der Waals surface area contributed by atoms with Crippen molar-refractivity contribution >= 4 is 47.2 Å². The number of halogens is 1.